The molecule has 14 heavy (non-hydrogen) atoms. The second-order valence-electron chi connectivity index (χ2n) is 2.62. The minimum Gasteiger partial charge on any atom is -0.473 e. The Balaban J connectivity index is 2.49. The average molecular weight is 191 g/mol. The summed E-state index contributed by atoms with van der Waals surface area (Å²) in [6.45, 7) is 3.91. The van der Waals surface area contributed by atoms with Gasteiger partial charge in [-0.15, -0.1) is 0 Å². The molecule has 0 aromatic carbocycles. The van der Waals surface area contributed by atoms with Crippen LogP contribution in [0.15, 0.2) is 18.9 Å². The molecule has 0 unspecified atom stereocenters. The zero-order valence-electron chi connectivity index (χ0n) is 7.40. The van der Waals surface area contributed by atoms with Gasteiger partial charge in [0.05, 0.1) is 6.20 Å². The fourth-order valence-electron chi connectivity index (χ4n) is 1.07. The summed E-state index contributed by atoms with van der Waals surface area (Å²) < 4.78 is 5.30. The van der Waals surface area contributed by atoms with Crippen LogP contribution in [0.25, 0.3) is 11.0 Å². The molecule has 0 amide bonds. The first kappa shape index (κ1) is 8.49. The Labute approximate surface area is 79.8 Å². The Hall–Kier alpha value is -2.11. The Kier molecular flexibility index (Phi) is 2.02. The number of aromatic nitrogens is 4. The summed E-state index contributed by atoms with van der Waals surface area (Å²) in [5.41, 5.74) is 6.05. The summed E-state index contributed by atoms with van der Waals surface area (Å²) in [6.07, 6.45) is 3.22. The molecule has 0 aliphatic rings. The Morgan fingerprint density at radius 1 is 1.57 bits per heavy atom. The van der Waals surface area contributed by atoms with Crippen molar-refractivity contribution in [3.63, 3.8) is 0 Å². The van der Waals surface area contributed by atoms with Gasteiger partial charge in [-0.2, -0.15) is 15.1 Å². The smallest absolute Gasteiger partial charge is 0.229 e. The van der Waals surface area contributed by atoms with Crippen molar-refractivity contribution >= 4 is 17.0 Å². The molecular weight excluding hydrogens is 182 g/mol. The maximum absolute atomic E-state index is 5.48. The Bertz CT molecular complexity index is 464. The molecule has 0 atom stereocenters. The number of rotatable bonds is 3. The van der Waals surface area contributed by atoms with Crippen LogP contribution in [0.3, 0.4) is 0 Å². The molecule has 6 heteroatoms. The van der Waals surface area contributed by atoms with E-state index in [1.54, 1.807) is 12.3 Å². The van der Waals surface area contributed by atoms with E-state index >= 15 is 0 Å². The first-order valence-corrected chi connectivity index (χ1v) is 4.01. The van der Waals surface area contributed by atoms with E-state index in [-0.39, 0.29) is 5.95 Å². The lowest BCUT2D eigenvalue weighted by Gasteiger charge is -2.02. The minimum atomic E-state index is 0.154. The van der Waals surface area contributed by atoms with Crippen molar-refractivity contribution < 1.29 is 4.74 Å². The number of nitrogens with one attached hydrogen (secondary N) is 1. The highest BCUT2D eigenvalue weighted by Crippen LogP contribution is 2.20. The molecule has 72 valence electrons. The SMILES string of the molecule is C=CCOc1nc(N)nc2[nH]ncc12. The quantitative estimate of drug-likeness (QED) is 0.689. The molecule has 0 aliphatic heterocycles. The van der Waals surface area contributed by atoms with Crippen LogP contribution in [0.4, 0.5) is 5.95 Å². The first-order valence-electron chi connectivity index (χ1n) is 4.01. The van der Waals surface area contributed by atoms with Crippen molar-refractivity contribution in [3.8, 4) is 5.88 Å². The number of H-pyrrole nitrogens is 1. The number of hydrogen-bond acceptors (Lipinski definition) is 5. The van der Waals surface area contributed by atoms with Gasteiger partial charge in [-0.05, 0) is 0 Å². The van der Waals surface area contributed by atoms with Gasteiger partial charge in [0, 0.05) is 0 Å². The average Bonchev–Trinajstić information content (AvgIpc) is 2.61. The van der Waals surface area contributed by atoms with E-state index in [1.165, 1.54) is 0 Å². The van der Waals surface area contributed by atoms with Crippen molar-refractivity contribution in [2.75, 3.05) is 12.3 Å². The predicted molar refractivity (Wildman–Crippen MR) is 51.8 cm³/mol. The fraction of sp³-hybridized carbons (Fsp3) is 0.125. The van der Waals surface area contributed by atoms with E-state index in [9.17, 15) is 0 Å². The normalized spacial score (nSPS) is 10.3. The highest BCUT2D eigenvalue weighted by Gasteiger charge is 2.07. The monoisotopic (exact) mass is 191 g/mol. The topological polar surface area (TPSA) is 89.7 Å². The molecule has 6 nitrogen and oxygen atoms in total. The Morgan fingerprint density at radius 2 is 2.43 bits per heavy atom. The van der Waals surface area contributed by atoms with Crippen LogP contribution < -0.4 is 10.5 Å². The summed E-state index contributed by atoms with van der Waals surface area (Å²) in [5.74, 6) is 0.571. The third-order valence-corrected chi connectivity index (χ3v) is 1.63. The van der Waals surface area contributed by atoms with Crippen LogP contribution >= 0.6 is 0 Å². The second-order valence-corrected chi connectivity index (χ2v) is 2.62. The van der Waals surface area contributed by atoms with Crippen LogP contribution in [0, 0.1) is 0 Å². The molecule has 2 aromatic heterocycles. The van der Waals surface area contributed by atoms with E-state index in [4.69, 9.17) is 10.5 Å². The highest BCUT2D eigenvalue weighted by atomic mass is 16.5. The maximum Gasteiger partial charge on any atom is 0.229 e. The molecular formula is C8H9N5O. The van der Waals surface area contributed by atoms with Gasteiger partial charge in [-0.1, -0.05) is 12.7 Å². The molecule has 2 rings (SSSR count). The largest absolute Gasteiger partial charge is 0.473 e. The maximum atomic E-state index is 5.48. The standard InChI is InChI=1S/C8H9N5O/c1-2-3-14-7-5-4-10-13-6(5)11-8(9)12-7/h2,4H,1,3H2,(H3,9,10,11,12,13). The van der Waals surface area contributed by atoms with Gasteiger partial charge in [-0.3, -0.25) is 5.10 Å². The van der Waals surface area contributed by atoms with Crippen molar-refractivity contribution in [1.82, 2.24) is 20.2 Å². The first-order chi connectivity index (χ1) is 6.81. The summed E-state index contributed by atoms with van der Waals surface area (Å²) in [5, 5.41) is 7.22. The van der Waals surface area contributed by atoms with Gasteiger partial charge in [0.25, 0.3) is 0 Å². The number of aromatic amines is 1. The summed E-state index contributed by atoms with van der Waals surface area (Å²) in [6, 6.07) is 0. The number of nitrogens with zero attached hydrogens (tertiary/aromatic N) is 3. The third kappa shape index (κ3) is 1.37. The van der Waals surface area contributed by atoms with Crippen molar-refractivity contribution in [2.24, 2.45) is 0 Å². The molecule has 0 bridgehead atoms. The second kappa shape index (κ2) is 3.33. The van der Waals surface area contributed by atoms with Gasteiger partial charge in [0.15, 0.2) is 5.65 Å². The molecule has 0 fully saturated rings. The van der Waals surface area contributed by atoms with Gasteiger partial charge < -0.3 is 10.5 Å². The number of hydrogen-bond donors (Lipinski definition) is 2. The molecule has 0 saturated heterocycles. The summed E-state index contributed by atoms with van der Waals surface area (Å²) in [7, 11) is 0. The minimum absolute atomic E-state index is 0.154. The zero-order chi connectivity index (χ0) is 9.97. The van der Waals surface area contributed by atoms with Crippen molar-refractivity contribution in [3.05, 3.63) is 18.9 Å². The van der Waals surface area contributed by atoms with Gasteiger partial charge >= 0.3 is 0 Å². The van der Waals surface area contributed by atoms with E-state index in [2.05, 4.69) is 26.7 Å². The molecule has 0 saturated carbocycles. The Morgan fingerprint density at radius 3 is 3.21 bits per heavy atom. The fourth-order valence-corrected chi connectivity index (χ4v) is 1.07. The zero-order valence-corrected chi connectivity index (χ0v) is 7.40. The number of nitrogen functional groups attached to an aromatic ring is 1. The van der Waals surface area contributed by atoms with E-state index in [0.717, 1.165) is 0 Å². The number of nitrogens with two attached hydrogens (primary N) is 1. The van der Waals surface area contributed by atoms with Crippen LogP contribution in [0.1, 0.15) is 0 Å². The van der Waals surface area contributed by atoms with Crippen LogP contribution in [-0.4, -0.2) is 26.8 Å². The van der Waals surface area contributed by atoms with E-state index < -0.39 is 0 Å². The van der Waals surface area contributed by atoms with Crippen LogP contribution in [-0.2, 0) is 0 Å². The van der Waals surface area contributed by atoms with Crippen LogP contribution in [0.5, 0.6) is 5.88 Å². The molecule has 3 N–H and O–H groups in total. The summed E-state index contributed by atoms with van der Waals surface area (Å²) >= 11 is 0. The van der Waals surface area contributed by atoms with E-state index in [1.807, 2.05) is 0 Å². The van der Waals surface area contributed by atoms with Gasteiger partial charge in [-0.25, -0.2) is 0 Å². The molecule has 0 radical (unpaired) electrons. The van der Waals surface area contributed by atoms with Crippen LogP contribution in [0.2, 0.25) is 0 Å². The van der Waals surface area contributed by atoms with Crippen molar-refractivity contribution in [1.29, 1.82) is 0 Å². The third-order valence-electron chi connectivity index (χ3n) is 1.63. The number of fused-ring (bicyclic) bond motifs is 1. The predicted octanol–water partition coefficient (Wildman–Crippen LogP) is 0.500. The highest BCUT2D eigenvalue weighted by molar-refractivity contribution is 5.80. The molecule has 2 aromatic rings. The lowest BCUT2D eigenvalue weighted by atomic mass is 10.4. The lowest BCUT2D eigenvalue weighted by molar-refractivity contribution is 0.353. The van der Waals surface area contributed by atoms with Crippen molar-refractivity contribution in [2.45, 2.75) is 0 Å². The molecule has 0 aliphatic carbocycles. The molecule has 0 spiro atoms. The number of anilines is 1. The summed E-state index contributed by atoms with van der Waals surface area (Å²) in [4.78, 5) is 7.89. The van der Waals surface area contributed by atoms with Gasteiger partial charge in [0.1, 0.15) is 12.0 Å². The number of ether oxygens (including phenoxy) is 1. The molecule has 2 heterocycles. The van der Waals surface area contributed by atoms with E-state index in [0.29, 0.717) is 23.5 Å². The van der Waals surface area contributed by atoms with Gasteiger partial charge in [0.2, 0.25) is 11.8 Å². The lowest BCUT2D eigenvalue weighted by Crippen LogP contribution is -2.01.